The molecule has 0 atom stereocenters. The van der Waals surface area contributed by atoms with E-state index < -0.39 is 5.92 Å². The lowest BCUT2D eigenvalue weighted by molar-refractivity contribution is -0.0222. The number of hydrogen-bond donors (Lipinski definition) is 1. The van der Waals surface area contributed by atoms with E-state index in [1.807, 2.05) is 6.07 Å². The minimum Gasteiger partial charge on any atom is -0.384 e. The molecule has 110 valence electrons. The minimum atomic E-state index is -2.57. The van der Waals surface area contributed by atoms with Crippen molar-refractivity contribution < 1.29 is 8.78 Å². The van der Waals surface area contributed by atoms with Crippen LogP contribution in [-0.4, -0.2) is 34.0 Å². The highest BCUT2D eigenvalue weighted by molar-refractivity contribution is 5.59. The molecule has 0 aliphatic carbocycles. The molecule has 2 N–H and O–H groups in total. The van der Waals surface area contributed by atoms with Gasteiger partial charge in [0.15, 0.2) is 0 Å². The monoisotopic (exact) mass is 291 g/mol. The van der Waals surface area contributed by atoms with Crippen LogP contribution in [0.5, 0.6) is 0 Å². The summed E-state index contributed by atoms with van der Waals surface area (Å²) in [5, 5.41) is 0. The van der Waals surface area contributed by atoms with Gasteiger partial charge in [0.2, 0.25) is 5.95 Å². The molecule has 0 aromatic carbocycles. The first-order valence-electron chi connectivity index (χ1n) is 6.71. The van der Waals surface area contributed by atoms with Crippen molar-refractivity contribution in [3.05, 3.63) is 30.6 Å². The number of piperidine rings is 1. The van der Waals surface area contributed by atoms with Crippen molar-refractivity contribution in [3.63, 3.8) is 0 Å². The topological polar surface area (TPSA) is 67.9 Å². The molecular weight excluding hydrogens is 276 g/mol. The van der Waals surface area contributed by atoms with Gasteiger partial charge in [-0.3, -0.25) is 0 Å². The van der Waals surface area contributed by atoms with Gasteiger partial charge >= 0.3 is 0 Å². The highest BCUT2D eigenvalue weighted by Gasteiger charge is 2.34. The van der Waals surface area contributed by atoms with E-state index in [1.54, 1.807) is 29.4 Å². The summed E-state index contributed by atoms with van der Waals surface area (Å²) >= 11 is 0. The summed E-state index contributed by atoms with van der Waals surface area (Å²) in [7, 11) is 0. The van der Waals surface area contributed by atoms with Crippen LogP contribution in [0.4, 0.5) is 20.5 Å². The molecule has 0 saturated carbocycles. The number of halogens is 2. The Kier molecular flexibility index (Phi) is 3.40. The fourth-order valence-corrected chi connectivity index (χ4v) is 2.26. The maximum absolute atomic E-state index is 13.1. The van der Waals surface area contributed by atoms with E-state index >= 15 is 0 Å². The Morgan fingerprint density at radius 1 is 1.10 bits per heavy atom. The second-order valence-corrected chi connectivity index (χ2v) is 5.06. The molecule has 5 nitrogen and oxygen atoms in total. The average Bonchev–Trinajstić information content (AvgIpc) is 2.47. The lowest BCUT2D eigenvalue weighted by Crippen LogP contribution is -2.40. The molecule has 3 rings (SSSR count). The standard InChI is InChI=1S/C14H15F2N5/c15-14(16)4-6-21(7-5-14)13-18-8-10(9-19-13)11-2-1-3-12(17)20-11/h1-3,8-9H,4-7H2,(H2,17,20). The minimum absolute atomic E-state index is 0.158. The maximum Gasteiger partial charge on any atom is 0.251 e. The molecule has 0 bridgehead atoms. The Balaban J connectivity index is 1.76. The van der Waals surface area contributed by atoms with Crippen molar-refractivity contribution in [3.8, 4) is 11.3 Å². The summed E-state index contributed by atoms with van der Waals surface area (Å²) in [6.07, 6.45) is 2.96. The van der Waals surface area contributed by atoms with Gasteiger partial charge in [0.05, 0.1) is 5.69 Å². The molecule has 3 heterocycles. The van der Waals surface area contributed by atoms with Crippen LogP contribution in [0.25, 0.3) is 11.3 Å². The van der Waals surface area contributed by atoms with Crippen LogP contribution in [0, 0.1) is 0 Å². The Bertz CT molecular complexity index is 620. The maximum atomic E-state index is 13.1. The molecule has 2 aromatic rings. The molecule has 0 radical (unpaired) electrons. The Hall–Kier alpha value is -2.31. The van der Waals surface area contributed by atoms with Gasteiger partial charge in [0, 0.05) is 43.9 Å². The van der Waals surface area contributed by atoms with E-state index in [9.17, 15) is 8.78 Å². The van der Waals surface area contributed by atoms with Crippen LogP contribution in [0.2, 0.25) is 0 Å². The largest absolute Gasteiger partial charge is 0.384 e. The SMILES string of the molecule is Nc1cccc(-c2cnc(N3CCC(F)(F)CC3)nc2)n1. The summed E-state index contributed by atoms with van der Waals surface area (Å²) in [5.74, 6) is -1.67. The van der Waals surface area contributed by atoms with Crippen LogP contribution in [0.3, 0.4) is 0 Å². The van der Waals surface area contributed by atoms with E-state index in [2.05, 4.69) is 15.0 Å². The second-order valence-electron chi connectivity index (χ2n) is 5.06. The van der Waals surface area contributed by atoms with E-state index in [-0.39, 0.29) is 25.9 Å². The summed E-state index contributed by atoms with van der Waals surface area (Å²) in [4.78, 5) is 14.5. The van der Waals surface area contributed by atoms with Crippen molar-refractivity contribution in [1.29, 1.82) is 0 Å². The lowest BCUT2D eigenvalue weighted by Gasteiger charge is -2.31. The Morgan fingerprint density at radius 3 is 2.38 bits per heavy atom. The number of nitrogen functional groups attached to an aromatic ring is 1. The zero-order valence-electron chi connectivity index (χ0n) is 11.3. The highest BCUT2D eigenvalue weighted by Crippen LogP contribution is 2.29. The number of nitrogens with two attached hydrogens (primary N) is 1. The number of nitrogens with zero attached hydrogens (tertiary/aromatic N) is 4. The van der Waals surface area contributed by atoms with E-state index in [0.717, 1.165) is 5.56 Å². The summed E-state index contributed by atoms with van der Waals surface area (Å²) in [6, 6.07) is 5.32. The zero-order valence-corrected chi connectivity index (χ0v) is 11.3. The number of alkyl halides is 2. The number of anilines is 2. The molecule has 1 fully saturated rings. The second kappa shape index (κ2) is 5.23. The van der Waals surface area contributed by atoms with Crippen LogP contribution in [0.15, 0.2) is 30.6 Å². The zero-order chi connectivity index (χ0) is 14.9. The van der Waals surface area contributed by atoms with Crippen molar-refractivity contribution in [2.45, 2.75) is 18.8 Å². The fourth-order valence-electron chi connectivity index (χ4n) is 2.26. The summed E-state index contributed by atoms with van der Waals surface area (Å²) in [6.45, 7) is 0.533. The summed E-state index contributed by atoms with van der Waals surface area (Å²) < 4.78 is 26.3. The van der Waals surface area contributed by atoms with E-state index in [1.165, 1.54) is 0 Å². The third-order valence-electron chi connectivity index (χ3n) is 3.48. The quantitative estimate of drug-likeness (QED) is 0.920. The van der Waals surface area contributed by atoms with Crippen molar-refractivity contribution in [1.82, 2.24) is 15.0 Å². The fraction of sp³-hybridized carbons (Fsp3) is 0.357. The van der Waals surface area contributed by atoms with Gasteiger partial charge in [-0.2, -0.15) is 0 Å². The molecule has 7 heteroatoms. The third-order valence-corrected chi connectivity index (χ3v) is 3.48. The molecule has 0 spiro atoms. The Morgan fingerprint density at radius 2 is 1.76 bits per heavy atom. The molecule has 21 heavy (non-hydrogen) atoms. The highest BCUT2D eigenvalue weighted by atomic mass is 19.3. The number of rotatable bonds is 2. The molecule has 1 aliphatic rings. The van der Waals surface area contributed by atoms with Crippen molar-refractivity contribution in [2.24, 2.45) is 0 Å². The van der Waals surface area contributed by atoms with Gasteiger partial charge in [-0.25, -0.2) is 23.7 Å². The van der Waals surface area contributed by atoms with E-state index in [4.69, 9.17) is 5.73 Å². The summed E-state index contributed by atoms with van der Waals surface area (Å²) in [5.41, 5.74) is 7.07. The predicted molar refractivity (Wildman–Crippen MR) is 76.1 cm³/mol. The van der Waals surface area contributed by atoms with Crippen LogP contribution < -0.4 is 10.6 Å². The van der Waals surface area contributed by atoms with Crippen LogP contribution >= 0.6 is 0 Å². The van der Waals surface area contributed by atoms with E-state index in [0.29, 0.717) is 17.5 Å². The van der Waals surface area contributed by atoms with Crippen LogP contribution in [0.1, 0.15) is 12.8 Å². The third kappa shape index (κ3) is 3.07. The molecule has 1 aliphatic heterocycles. The van der Waals surface area contributed by atoms with Gasteiger partial charge < -0.3 is 10.6 Å². The molecule has 0 unspecified atom stereocenters. The van der Waals surface area contributed by atoms with Gasteiger partial charge in [-0.05, 0) is 12.1 Å². The first-order chi connectivity index (χ1) is 10.0. The van der Waals surface area contributed by atoms with Crippen LogP contribution in [-0.2, 0) is 0 Å². The van der Waals surface area contributed by atoms with Gasteiger partial charge in [-0.15, -0.1) is 0 Å². The average molecular weight is 291 g/mol. The molecular formula is C14H15F2N5. The number of hydrogen-bond acceptors (Lipinski definition) is 5. The van der Waals surface area contributed by atoms with Gasteiger partial charge in [0.1, 0.15) is 5.82 Å². The van der Waals surface area contributed by atoms with Gasteiger partial charge in [0.25, 0.3) is 5.92 Å². The molecule has 0 amide bonds. The van der Waals surface area contributed by atoms with Gasteiger partial charge in [-0.1, -0.05) is 6.07 Å². The molecule has 2 aromatic heterocycles. The lowest BCUT2D eigenvalue weighted by atomic mass is 10.1. The number of pyridine rings is 1. The smallest absolute Gasteiger partial charge is 0.251 e. The van der Waals surface area contributed by atoms with Crippen molar-refractivity contribution >= 4 is 11.8 Å². The number of aromatic nitrogens is 3. The van der Waals surface area contributed by atoms with Crippen molar-refractivity contribution in [2.75, 3.05) is 23.7 Å². The normalized spacial score (nSPS) is 17.7. The first-order valence-corrected chi connectivity index (χ1v) is 6.71. The predicted octanol–water partition coefficient (Wildman–Crippen LogP) is 2.36. The Labute approximate surface area is 120 Å². The molecule has 1 saturated heterocycles. The first kappa shape index (κ1) is 13.7.